The Morgan fingerprint density at radius 2 is 2.26 bits per heavy atom. The average Bonchev–Trinajstić information content (AvgIpc) is 2.69. The van der Waals surface area contributed by atoms with Gasteiger partial charge in [-0.3, -0.25) is 9.59 Å². The fourth-order valence-electron chi connectivity index (χ4n) is 2.59. The Morgan fingerprint density at radius 1 is 1.42 bits per heavy atom. The molecule has 0 saturated carbocycles. The van der Waals surface area contributed by atoms with Crippen LogP contribution in [0, 0.1) is 0 Å². The van der Waals surface area contributed by atoms with Gasteiger partial charge in [-0.15, -0.1) is 0 Å². The second-order valence-electron chi connectivity index (χ2n) is 4.57. The summed E-state index contributed by atoms with van der Waals surface area (Å²) in [6.07, 6.45) is 0.662. The molecule has 1 aromatic carbocycles. The molecule has 2 aromatic rings. The zero-order valence-electron chi connectivity index (χ0n) is 10.7. The number of nitrogens with one attached hydrogen (secondary N) is 3. The number of aromatic nitrogens is 1. The third-order valence-corrected chi connectivity index (χ3v) is 3.40. The SMILES string of the molecule is CCNC(=O)c1[nH]c2cccc3c2c1CCNC3=O. The van der Waals surface area contributed by atoms with E-state index >= 15 is 0 Å². The molecule has 1 aliphatic heterocycles. The molecule has 0 radical (unpaired) electrons. The molecule has 19 heavy (non-hydrogen) atoms. The standard InChI is InChI=1S/C14H15N3O2/c1-2-15-14(19)12-8-6-7-16-13(18)9-4-3-5-10(17-12)11(8)9/h3-5,17H,2,6-7H2,1H3,(H,15,19)(H,16,18). The molecule has 0 atom stereocenters. The van der Waals surface area contributed by atoms with Crippen molar-refractivity contribution in [3.05, 3.63) is 35.0 Å². The molecule has 5 nitrogen and oxygen atoms in total. The van der Waals surface area contributed by atoms with Crippen LogP contribution < -0.4 is 10.6 Å². The van der Waals surface area contributed by atoms with Crippen molar-refractivity contribution in [1.82, 2.24) is 15.6 Å². The van der Waals surface area contributed by atoms with E-state index in [0.717, 1.165) is 16.5 Å². The van der Waals surface area contributed by atoms with Gasteiger partial charge in [-0.05, 0) is 31.0 Å². The van der Waals surface area contributed by atoms with Crippen molar-refractivity contribution in [3.63, 3.8) is 0 Å². The van der Waals surface area contributed by atoms with Gasteiger partial charge in [0.1, 0.15) is 5.69 Å². The third kappa shape index (κ3) is 1.78. The van der Waals surface area contributed by atoms with Crippen molar-refractivity contribution in [2.24, 2.45) is 0 Å². The quantitative estimate of drug-likeness (QED) is 0.756. The van der Waals surface area contributed by atoms with E-state index in [-0.39, 0.29) is 11.8 Å². The highest BCUT2D eigenvalue weighted by molar-refractivity contribution is 6.11. The molecule has 2 amide bonds. The summed E-state index contributed by atoms with van der Waals surface area (Å²) in [5, 5.41) is 6.52. The maximum Gasteiger partial charge on any atom is 0.268 e. The maximum atomic E-state index is 12.1. The summed E-state index contributed by atoms with van der Waals surface area (Å²) in [5.74, 6) is -0.195. The molecular weight excluding hydrogens is 242 g/mol. The number of benzene rings is 1. The molecular formula is C14H15N3O2. The lowest BCUT2D eigenvalue weighted by Crippen LogP contribution is -2.25. The molecule has 0 spiro atoms. The third-order valence-electron chi connectivity index (χ3n) is 3.40. The highest BCUT2D eigenvalue weighted by Gasteiger charge is 2.23. The minimum absolute atomic E-state index is 0.0780. The number of carbonyl (C=O) groups is 2. The van der Waals surface area contributed by atoms with Gasteiger partial charge in [-0.1, -0.05) is 6.07 Å². The van der Waals surface area contributed by atoms with E-state index in [1.165, 1.54) is 0 Å². The van der Waals surface area contributed by atoms with Crippen LogP contribution in [0.1, 0.15) is 33.3 Å². The monoisotopic (exact) mass is 257 g/mol. The van der Waals surface area contributed by atoms with Crippen molar-refractivity contribution in [2.75, 3.05) is 13.1 Å². The van der Waals surface area contributed by atoms with Gasteiger partial charge in [0.05, 0.1) is 0 Å². The summed E-state index contributed by atoms with van der Waals surface area (Å²) < 4.78 is 0. The van der Waals surface area contributed by atoms with E-state index in [1.54, 1.807) is 6.07 Å². The fraction of sp³-hybridized carbons (Fsp3) is 0.286. The summed E-state index contributed by atoms with van der Waals surface area (Å²) in [6.45, 7) is 3.01. The summed E-state index contributed by atoms with van der Waals surface area (Å²) in [6, 6.07) is 5.51. The van der Waals surface area contributed by atoms with Gasteiger partial charge in [0, 0.05) is 29.6 Å². The first kappa shape index (κ1) is 11.8. The number of hydrogen-bond acceptors (Lipinski definition) is 2. The smallest absolute Gasteiger partial charge is 0.268 e. The van der Waals surface area contributed by atoms with E-state index in [2.05, 4.69) is 15.6 Å². The van der Waals surface area contributed by atoms with Gasteiger partial charge in [-0.2, -0.15) is 0 Å². The first-order chi connectivity index (χ1) is 9.22. The van der Waals surface area contributed by atoms with Crippen LogP contribution >= 0.6 is 0 Å². The molecule has 0 unspecified atom stereocenters. The molecule has 5 heteroatoms. The van der Waals surface area contributed by atoms with Gasteiger partial charge in [0.15, 0.2) is 0 Å². The minimum Gasteiger partial charge on any atom is -0.352 e. The molecule has 3 N–H and O–H groups in total. The normalized spacial score (nSPS) is 14.1. The van der Waals surface area contributed by atoms with E-state index in [1.807, 2.05) is 19.1 Å². The molecule has 3 rings (SSSR count). The number of H-pyrrole nitrogens is 1. The summed E-state index contributed by atoms with van der Waals surface area (Å²) in [4.78, 5) is 27.2. The van der Waals surface area contributed by atoms with Crippen LogP contribution in [0.5, 0.6) is 0 Å². The van der Waals surface area contributed by atoms with Crippen LogP contribution in [0.2, 0.25) is 0 Å². The molecule has 0 saturated heterocycles. The Morgan fingerprint density at radius 3 is 3.05 bits per heavy atom. The van der Waals surface area contributed by atoms with Crippen LogP contribution in [0.3, 0.4) is 0 Å². The zero-order valence-corrected chi connectivity index (χ0v) is 10.7. The Bertz CT molecular complexity index is 673. The van der Waals surface area contributed by atoms with Gasteiger partial charge in [0.25, 0.3) is 11.8 Å². The van der Waals surface area contributed by atoms with E-state index in [4.69, 9.17) is 0 Å². The number of rotatable bonds is 2. The number of carbonyl (C=O) groups excluding carboxylic acids is 2. The summed E-state index contributed by atoms with van der Waals surface area (Å²) in [7, 11) is 0. The highest BCUT2D eigenvalue weighted by atomic mass is 16.2. The Kier molecular flexibility index (Phi) is 2.74. The van der Waals surface area contributed by atoms with Crippen molar-refractivity contribution < 1.29 is 9.59 Å². The molecule has 98 valence electrons. The molecule has 0 aliphatic carbocycles. The Labute approximate surface area is 110 Å². The Hall–Kier alpha value is -2.30. The van der Waals surface area contributed by atoms with E-state index < -0.39 is 0 Å². The number of amides is 2. The minimum atomic E-state index is -0.117. The van der Waals surface area contributed by atoms with Crippen molar-refractivity contribution in [2.45, 2.75) is 13.3 Å². The van der Waals surface area contributed by atoms with Crippen molar-refractivity contribution in [3.8, 4) is 0 Å². The van der Waals surface area contributed by atoms with E-state index in [9.17, 15) is 9.59 Å². The maximum absolute atomic E-state index is 12.1. The van der Waals surface area contributed by atoms with Gasteiger partial charge in [0.2, 0.25) is 0 Å². The lowest BCUT2D eigenvalue weighted by molar-refractivity contribution is 0.0947. The van der Waals surface area contributed by atoms with Crippen LogP contribution in [0.4, 0.5) is 0 Å². The van der Waals surface area contributed by atoms with Crippen LogP contribution in [0.25, 0.3) is 10.9 Å². The van der Waals surface area contributed by atoms with Crippen LogP contribution in [-0.4, -0.2) is 29.9 Å². The van der Waals surface area contributed by atoms with Crippen LogP contribution in [-0.2, 0) is 6.42 Å². The van der Waals surface area contributed by atoms with Crippen molar-refractivity contribution in [1.29, 1.82) is 0 Å². The summed E-state index contributed by atoms with van der Waals surface area (Å²) in [5.41, 5.74) is 2.97. The molecule has 1 aliphatic rings. The number of aromatic amines is 1. The van der Waals surface area contributed by atoms with Gasteiger partial charge < -0.3 is 15.6 Å². The first-order valence-electron chi connectivity index (χ1n) is 6.42. The predicted molar refractivity (Wildman–Crippen MR) is 72.3 cm³/mol. The summed E-state index contributed by atoms with van der Waals surface area (Å²) >= 11 is 0. The second-order valence-corrected chi connectivity index (χ2v) is 4.57. The fourth-order valence-corrected chi connectivity index (χ4v) is 2.59. The van der Waals surface area contributed by atoms with Crippen LogP contribution in [0.15, 0.2) is 18.2 Å². The topological polar surface area (TPSA) is 74.0 Å². The zero-order chi connectivity index (χ0) is 13.4. The van der Waals surface area contributed by atoms with Crippen molar-refractivity contribution >= 4 is 22.7 Å². The van der Waals surface area contributed by atoms with Gasteiger partial charge in [-0.25, -0.2) is 0 Å². The van der Waals surface area contributed by atoms with E-state index in [0.29, 0.717) is 30.8 Å². The molecule has 0 fully saturated rings. The molecule has 2 heterocycles. The lowest BCUT2D eigenvalue weighted by atomic mass is 10.0. The lowest BCUT2D eigenvalue weighted by Gasteiger charge is -2.03. The predicted octanol–water partition coefficient (Wildman–Crippen LogP) is 1.20. The highest BCUT2D eigenvalue weighted by Crippen LogP contribution is 2.28. The van der Waals surface area contributed by atoms with Gasteiger partial charge >= 0.3 is 0 Å². The first-order valence-corrected chi connectivity index (χ1v) is 6.42. The molecule has 0 bridgehead atoms. The second kappa shape index (κ2) is 4.42. The Balaban J connectivity index is 2.26. The molecule has 1 aromatic heterocycles. The average molecular weight is 257 g/mol. The largest absolute Gasteiger partial charge is 0.352 e. The number of hydrogen-bond donors (Lipinski definition) is 3.